The predicted molar refractivity (Wildman–Crippen MR) is 278 cm³/mol. The molecule has 10 aromatic rings. The first-order valence-electron chi connectivity index (χ1n) is 28.5. The number of pyridine rings is 3. The van der Waals surface area contributed by atoms with E-state index < -0.39 is 88.6 Å². The van der Waals surface area contributed by atoms with Crippen LogP contribution in [0.3, 0.4) is 0 Å². The van der Waals surface area contributed by atoms with E-state index in [2.05, 4.69) is 0 Å². The van der Waals surface area contributed by atoms with Gasteiger partial charge in [-0.15, -0.1) is 0 Å². The van der Waals surface area contributed by atoms with Crippen molar-refractivity contribution in [2.75, 3.05) is 0 Å². The predicted octanol–water partition coefficient (Wildman–Crippen LogP) is 16.1. The van der Waals surface area contributed by atoms with E-state index in [0.717, 1.165) is 11.1 Å². The second-order valence-corrected chi connectivity index (χ2v) is 18.6. The van der Waals surface area contributed by atoms with E-state index >= 15 is 4.39 Å². The van der Waals surface area contributed by atoms with E-state index in [1.165, 1.54) is 30.5 Å². The minimum atomic E-state index is -2.32. The van der Waals surface area contributed by atoms with Crippen LogP contribution in [0.2, 0.25) is 0 Å². The number of halogens is 1. The highest BCUT2D eigenvalue weighted by Crippen LogP contribution is 2.41. The van der Waals surface area contributed by atoms with Gasteiger partial charge in [0.15, 0.2) is 0 Å². The Bertz CT molecular complexity index is 3860. The molecule has 6 aromatic carbocycles. The van der Waals surface area contributed by atoms with Gasteiger partial charge in [-0.2, -0.15) is 0 Å². The molecular formula is C63H56FN3O. The number of hydrogen-bond donors (Lipinski definition) is 0. The number of furan rings is 1. The largest absolute Gasteiger partial charge is 0.455 e. The van der Waals surface area contributed by atoms with Gasteiger partial charge in [0.25, 0.3) is 0 Å². The summed E-state index contributed by atoms with van der Waals surface area (Å²) in [6.07, 6.45) is -1.96. The summed E-state index contributed by atoms with van der Waals surface area (Å²) in [7, 11) is 0. The lowest BCUT2D eigenvalue weighted by molar-refractivity contribution is 0.505. The van der Waals surface area contributed by atoms with Gasteiger partial charge in [0.05, 0.1) is 30.9 Å². The molecule has 68 heavy (non-hydrogen) atoms. The number of para-hydroxylation sites is 1. The highest BCUT2D eigenvalue weighted by molar-refractivity contribution is 6.12. The summed E-state index contributed by atoms with van der Waals surface area (Å²) in [5, 5.41) is 0.725. The molecule has 0 bridgehead atoms. The molecule has 0 N–H and O–H groups in total. The molecule has 5 heteroatoms. The van der Waals surface area contributed by atoms with Gasteiger partial charge in [0.1, 0.15) is 17.0 Å². The second-order valence-electron chi connectivity index (χ2n) is 18.6. The van der Waals surface area contributed by atoms with E-state index in [1.54, 1.807) is 84.3 Å². The van der Waals surface area contributed by atoms with Gasteiger partial charge >= 0.3 is 0 Å². The zero-order chi connectivity index (χ0) is 57.6. The van der Waals surface area contributed by atoms with E-state index in [9.17, 15) is 8.22 Å². The molecule has 0 fully saturated rings. The summed E-state index contributed by atoms with van der Waals surface area (Å²) >= 11 is 0. The Labute approximate surface area is 416 Å². The van der Waals surface area contributed by atoms with E-state index in [-0.39, 0.29) is 33.2 Å². The van der Waals surface area contributed by atoms with Gasteiger partial charge in [-0.3, -0.25) is 15.0 Å². The third-order valence-electron chi connectivity index (χ3n) is 12.5. The standard InChI is InChI=1S/C63H56FN3O/c1-61(2,48-25-30-55(65-39-48)45-17-10-7-11-18-45)36-42-33-43(37-62(3,4)49-26-31-56(66-40-49)46-19-12-8-13-20-46)35-44(34-42)38-63(5,6)50-27-32-57(67-41-50)53-24-16-23-51-52-28-29-54(64)58(60(52)68-59(51)53)47-21-14-9-15-22-47/h7-35,39-41H,36-38H2,1-6H3/i9D,14D,15D,21D,22D,29D,36D2,37D2,38D2. The first-order valence-corrected chi connectivity index (χ1v) is 22.5. The lowest BCUT2D eigenvalue weighted by Crippen LogP contribution is -2.24. The van der Waals surface area contributed by atoms with Crippen LogP contribution in [0.1, 0.15) is 91.4 Å². The Morgan fingerprint density at radius 3 is 1.38 bits per heavy atom. The molecule has 4 aromatic heterocycles. The highest BCUT2D eigenvalue weighted by atomic mass is 19.1. The van der Waals surface area contributed by atoms with Crippen molar-refractivity contribution in [3.8, 4) is 44.9 Å². The third-order valence-corrected chi connectivity index (χ3v) is 12.5. The number of rotatable bonds is 13. The molecule has 0 saturated heterocycles. The fourth-order valence-corrected chi connectivity index (χ4v) is 8.73. The molecule has 0 spiro atoms. The van der Waals surface area contributed by atoms with E-state index in [0.29, 0.717) is 44.7 Å². The Morgan fingerprint density at radius 2 is 0.926 bits per heavy atom. The van der Waals surface area contributed by atoms with Crippen LogP contribution in [0.15, 0.2) is 199 Å². The monoisotopic (exact) mass is 902 g/mol. The fraction of sp³-hybridized carbons (Fsp3) is 0.190. The molecule has 4 heterocycles. The van der Waals surface area contributed by atoms with Crippen molar-refractivity contribution in [3.63, 3.8) is 0 Å². The van der Waals surface area contributed by atoms with Crippen LogP contribution in [-0.2, 0) is 35.4 Å². The molecule has 0 amide bonds. The van der Waals surface area contributed by atoms with Crippen molar-refractivity contribution in [1.82, 2.24) is 15.0 Å². The topological polar surface area (TPSA) is 51.8 Å². The van der Waals surface area contributed by atoms with Gasteiger partial charge < -0.3 is 4.42 Å². The Morgan fingerprint density at radius 1 is 0.471 bits per heavy atom. The molecule has 4 nitrogen and oxygen atoms in total. The van der Waals surface area contributed by atoms with Crippen molar-refractivity contribution in [3.05, 3.63) is 234 Å². The first-order chi connectivity index (χ1) is 37.6. The van der Waals surface area contributed by atoms with Gasteiger partial charge in [0, 0.05) is 54.3 Å². The summed E-state index contributed by atoms with van der Waals surface area (Å²) in [6, 6.07) is 37.1. The van der Waals surface area contributed by atoms with Crippen molar-refractivity contribution in [1.29, 1.82) is 0 Å². The molecule has 0 saturated carbocycles. The summed E-state index contributed by atoms with van der Waals surface area (Å²) in [5.74, 6) is -1.12. The maximum atomic E-state index is 16.1. The molecule has 336 valence electrons. The highest BCUT2D eigenvalue weighted by Gasteiger charge is 2.28. The minimum absolute atomic E-state index is 0.0384. The molecule has 0 atom stereocenters. The average molecular weight is 902 g/mol. The molecule has 0 radical (unpaired) electrons. The summed E-state index contributed by atoms with van der Waals surface area (Å²) in [6.45, 7) is 10.5. The Hall–Kier alpha value is -7.50. The average Bonchev–Trinajstić information content (AvgIpc) is 3.83. The molecule has 0 aliphatic rings. The van der Waals surface area contributed by atoms with Gasteiger partial charge in [-0.1, -0.05) is 181 Å². The van der Waals surface area contributed by atoms with Crippen LogP contribution < -0.4 is 0 Å². The lowest BCUT2D eigenvalue weighted by atomic mass is 9.75. The van der Waals surface area contributed by atoms with Crippen LogP contribution in [-0.4, -0.2) is 15.0 Å². The van der Waals surface area contributed by atoms with Crippen LogP contribution >= 0.6 is 0 Å². The number of benzene rings is 6. The van der Waals surface area contributed by atoms with Crippen LogP contribution in [0.5, 0.6) is 0 Å². The molecule has 0 unspecified atom stereocenters. The van der Waals surface area contributed by atoms with Gasteiger partial charge in [-0.05, 0) is 111 Å². The Kier molecular flexibility index (Phi) is 8.51. The maximum absolute atomic E-state index is 16.1. The second kappa shape index (κ2) is 18.0. The summed E-state index contributed by atoms with van der Waals surface area (Å²) in [4.78, 5) is 14.3. The first kappa shape index (κ1) is 32.2. The van der Waals surface area contributed by atoms with E-state index in [1.807, 2.05) is 84.9 Å². The van der Waals surface area contributed by atoms with Gasteiger partial charge in [-0.25, -0.2) is 4.39 Å². The van der Waals surface area contributed by atoms with Crippen molar-refractivity contribution in [2.24, 2.45) is 0 Å². The van der Waals surface area contributed by atoms with Crippen molar-refractivity contribution < 1.29 is 25.3 Å². The summed E-state index contributed by atoms with van der Waals surface area (Å²) < 4.78 is 133. The maximum Gasteiger partial charge on any atom is 0.146 e. The normalized spacial score (nSPS) is 15.4. The number of aromatic nitrogens is 3. The SMILES string of the molecule is [2H]c1cc2c(oc3c(-c4ccc(C(C)(C)C([2H])([2H])c5cc(C([2H])([2H])C(C)(C)c6ccc(-c7ccccc7)nc6)cc(C([2H])([2H])C(C)(C)c6ccc(-c7ccccc7)nc6)c5)cn4)cccc32)c(-c2c([2H])c([2H])c([2H])c([2H])c2[2H])c1F. The summed E-state index contributed by atoms with van der Waals surface area (Å²) in [5.41, 5.74) is 1.05. The zero-order valence-corrected chi connectivity index (χ0v) is 38.6. The molecule has 10 rings (SSSR count). The smallest absolute Gasteiger partial charge is 0.146 e. The van der Waals surface area contributed by atoms with Crippen molar-refractivity contribution >= 4 is 21.9 Å². The fourth-order valence-electron chi connectivity index (χ4n) is 8.73. The zero-order valence-electron chi connectivity index (χ0n) is 50.6. The van der Waals surface area contributed by atoms with Crippen molar-refractivity contribution in [2.45, 2.75) is 76.9 Å². The number of fused-ring (bicyclic) bond motifs is 3. The molecule has 0 aliphatic carbocycles. The lowest BCUT2D eigenvalue weighted by Gasteiger charge is -2.30. The van der Waals surface area contributed by atoms with Crippen LogP contribution in [0.25, 0.3) is 66.8 Å². The van der Waals surface area contributed by atoms with E-state index in [4.69, 9.17) is 27.6 Å². The molecular weight excluding hydrogens is 834 g/mol. The Balaban J connectivity index is 1.06. The van der Waals surface area contributed by atoms with Crippen LogP contribution in [0, 0.1) is 5.82 Å². The number of nitrogens with zero attached hydrogens (tertiary/aromatic N) is 3. The van der Waals surface area contributed by atoms with Gasteiger partial charge in [0.2, 0.25) is 0 Å². The molecule has 0 aliphatic heterocycles. The van der Waals surface area contributed by atoms with Crippen LogP contribution in [0.4, 0.5) is 4.39 Å². The minimum Gasteiger partial charge on any atom is -0.455 e. The quantitative estimate of drug-likeness (QED) is 0.116. The third kappa shape index (κ3) is 9.01. The number of hydrogen-bond acceptors (Lipinski definition) is 4.